The molecule has 1 aromatic heterocycles. The first-order chi connectivity index (χ1) is 15.8. The Morgan fingerprint density at radius 3 is 2.58 bits per heavy atom. The molecule has 2 aromatic carbocycles. The number of esters is 1. The fourth-order valence-corrected chi connectivity index (χ4v) is 3.35. The summed E-state index contributed by atoms with van der Waals surface area (Å²) in [5.74, 6) is 0.320. The first-order valence-corrected chi connectivity index (χ1v) is 10.7. The number of hydrogen-bond donors (Lipinski definition) is 0. The van der Waals surface area contributed by atoms with Crippen LogP contribution in [-0.4, -0.2) is 35.2 Å². The third-order valence-electron chi connectivity index (χ3n) is 4.57. The van der Waals surface area contributed by atoms with E-state index in [0.29, 0.717) is 23.7 Å². The molecule has 8 nitrogen and oxygen atoms in total. The highest BCUT2D eigenvalue weighted by Gasteiger charge is 2.20. The second-order valence-corrected chi connectivity index (χ2v) is 7.83. The van der Waals surface area contributed by atoms with Crippen LogP contribution in [0.4, 0.5) is 0 Å². The zero-order chi connectivity index (χ0) is 24.0. The summed E-state index contributed by atoms with van der Waals surface area (Å²) in [6.45, 7) is 3.70. The van der Waals surface area contributed by atoms with E-state index >= 15 is 0 Å². The van der Waals surface area contributed by atoms with Gasteiger partial charge in [0.05, 0.1) is 34.6 Å². The maximum atomic E-state index is 11.7. The molecule has 10 heteroatoms. The van der Waals surface area contributed by atoms with E-state index in [-0.39, 0.29) is 21.5 Å². The van der Waals surface area contributed by atoms with Gasteiger partial charge in [-0.1, -0.05) is 58.7 Å². The molecule has 0 radical (unpaired) electrons. The highest BCUT2D eigenvalue weighted by atomic mass is 35.5. The number of carbonyl (C=O) groups is 1. The Balaban J connectivity index is 1.81. The van der Waals surface area contributed by atoms with Crippen LogP contribution in [-0.2, 0) is 28.0 Å². The molecule has 0 fully saturated rings. The zero-order valence-electron chi connectivity index (χ0n) is 18.5. The smallest absolute Gasteiger partial charge is 0.346 e. The number of aryl methyl sites for hydroxylation is 2. The van der Waals surface area contributed by atoms with Crippen molar-refractivity contribution in [2.75, 3.05) is 7.11 Å². The molecule has 3 rings (SSSR count). The molecule has 0 amide bonds. The zero-order valence-corrected chi connectivity index (χ0v) is 20.1. The molecule has 0 saturated carbocycles. The standard InChI is InChI=1S/C23H23Cl2N3O5/c1-14-17(12-26-31-13-16-8-6-5-7-9-16)22(28(3)27-14)33-21-11-20(18(24)10-19(21)25)32-15(2)23(29)30-4/h5-12,15H,13H2,1-4H3/t15-/m0/s1. The van der Waals surface area contributed by atoms with Crippen molar-refractivity contribution in [2.45, 2.75) is 26.6 Å². The Hall–Kier alpha value is -3.23. The van der Waals surface area contributed by atoms with Crippen molar-refractivity contribution in [3.8, 4) is 17.4 Å². The van der Waals surface area contributed by atoms with Crippen LogP contribution in [0.25, 0.3) is 0 Å². The Morgan fingerprint density at radius 1 is 1.18 bits per heavy atom. The molecular weight excluding hydrogens is 469 g/mol. The van der Waals surface area contributed by atoms with Gasteiger partial charge in [-0.2, -0.15) is 5.10 Å². The van der Waals surface area contributed by atoms with Crippen LogP contribution in [0.2, 0.25) is 10.0 Å². The highest BCUT2D eigenvalue weighted by Crippen LogP contribution is 2.39. The van der Waals surface area contributed by atoms with Crippen LogP contribution < -0.4 is 9.47 Å². The van der Waals surface area contributed by atoms with Gasteiger partial charge in [0.15, 0.2) is 11.9 Å². The second kappa shape index (κ2) is 11.1. The molecule has 33 heavy (non-hydrogen) atoms. The molecule has 0 bridgehead atoms. The Kier molecular flexibility index (Phi) is 8.19. The van der Waals surface area contributed by atoms with Gasteiger partial charge in [-0.3, -0.25) is 0 Å². The summed E-state index contributed by atoms with van der Waals surface area (Å²) in [6, 6.07) is 12.7. The molecule has 0 aliphatic heterocycles. The van der Waals surface area contributed by atoms with E-state index in [1.807, 2.05) is 37.3 Å². The first kappa shape index (κ1) is 24.4. The van der Waals surface area contributed by atoms with Gasteiger partial charge in [-0.15, -0.1) is 0 Å². The van der Waals surface area contributed by atoms with Crippen LogP contribution in [0.15, 0.2) is 47.6 Å². The summed E-state index contributed by atoms with van der Waals surface area (Å²) in [5, 5.41) is 8.90. The molecule has 0 spiro atoms. The summed E-state index contributed by atoms with van der Waals surface area (Å²) in [4.78, 5) is 17.1. The van der Waals surface area contributed by atoms with Crippen LogP contribution in [0.1, 0.15) is 23.7 Å². The van der Waals surface area contributed by atoms with Crippen molar-refractivity contribution < 1.29 is 23.8 Å². The molecule has 0 aliphatic rings. The molecule has 1 atom stereocenters. The Bertz CT molecular complexity index is 1150. The molecular formula is C23H23Cl2N3O5. The fraction of sp³-hybridized carbons (Fsp3) is 0.261. The van der Waals surface area contributed by atoms with E-state index in [1.165, 1.54) is 25.5 Å². The molecule has 174 valence electrons. The molecule has 0 aliphatic carbocycles. The largest absolute Gasteiger partial charge is 0.477 e. The Morgan fingerprint density at radius 2 is 1.88 bits per heavy atom. The summed E-state index contributed by atoms with van der Waals surface area (Å²) >= 11 is 12.6. The quantitative estimate of drug-likeness (QED) is 0.229. The summed E-state index contributed by atoms with van der Waals surface area (Å²) in [6.07, 6.45) is 0.659. The van der Waals surface area contributed by atoms with Crippen LogP contribution in [0.3, 0.4) is 0 Å². The maximum absolute atomic E-state index is 11.7. The Labute approximate surface area is 201 Å². The number of carbonyl (C=O) groups excluding carboxylic acids is 1. The van der Waals surface area contributed by atoms with E-state index in [2.05, 4.69) is 15.0 Å². The van der Waals surface area contributed by atoms with Gasteiger partial charge in [0.25, 0.3) is 0 Å². The van der Waals surface area contributed by atoms with Gasteiger partial charge in [0.2, 0.25) is 5.88 Å². The SMILES string of the molecule is COC(=O)[C@H](C)Oc1cc(Oc2c(C=NOCc3ccccc3)c(C)nn2C)c(Cl)cc1Cl. The van der Waals surface area contributed by atoms with Gasteiger partial charge in [-0.05, 0) is 25.5 Å². The number of ether oxygens (including phenoxy) is 3. The van der Waals surface area contributed by atoms with E-state index < -0.39 is 12.1 Å². The van der Waals surface area contributed by atoms with E-state index in [0.717, 1.165) is 5.56 Å². The van der Waals surface area contributed by atoms with Gasteiger partial charge >= 0.3 is 5.97 Å². The van der Waals surface area contributed by atoms with Crippen LogP contribution >= 0.6 is 23.2 Å². The van der Waals surface area contributed by atoms with Crippen molar-refractivity contribution in [3.05, 3.63) is 69.3 Å². The van der Waals surface area contributed by atoms with Crippen LogP contribution in [0, 0.1) is 6.92 Å². The number of oxime groups is 1. The van der Waals surface area contributed by atoms with E-state index in [4.69, 9.17) is 37.5 Å². The number of aromatic nitrogens is 2. The number of benzene rings is 2. The lowest BCUT2D eigenvalue weighted by Crippen LogP contribution is -2.25. The van der Waals surface area contributed by atoms with Crippen molar-refractivity contribution >= 4 is 35.4 Å². The van der Waals surface area contributed by atoms with Gasteiger partial charge in [0.1, 0.15) is 12.4 Å². The molecule has 1 heterocycles. The molecule has 3 aromatic rings. The molecule has 0 N–H and O–H groups in total. The van der Waals surface area contributed by atoms with Crippen LogP contribution in [0.5, 0.6) is 17.4 Å². The number of halogens is 2. The molecule has 0 saturated heterocycles. The maximum Gasteiger partial charge on any atom is 0.346 e. The first-order valence-electron chi connectivity index (χ1n) is 9.94. The minimum atomic E-state index is -0.870. The fourth-order valence-electron chi connectivity index (χ4n) is 2.89. The lowest BCUT2D eigenvalue weighted by molar-refractivity contribution is -0.147. The number of hydrogen-bond acceptors (Lipinski definition) is 7. The third-order valence-corrected chi connectivity index (χ3v) is 5.17. The summed E-state index contributed by atoms with van der Waals surface area (Å²) in [7, 11) is 3.00. The monoisotopic (exact) mass is 491 g/mol. The number of methoxy groups -OCH3 is 1. The second-order valence-electron chi connectivity index (χ2n) is 7.02. The van der Waals surface area contributed by atoms with E-state index in [1.54, 1.807) is 18.7 Å². The number of rotatable bonds is 9. The predicted octanol–water partition coefficient (Wildman–Crippen LogP) is 5.32. The van der Waals surface area contributed by atoms with Crippen molar-refractivity contribution in [1.82, 2.24) is 9.78 Å². The van der Waals surface area contributed by atoms with Crippen molar-refractivity contribution in [1.29, 1.82) is 0 Å². The minimum Gasteiger partial charge on any atom is -0.477 e. The average molecular weight is 492 g/mol. The van der Waals surface area contributed by atoms with Gasteiger partial charge < -0.3 is 19.0 Å². The van der Waals surface area contributed by atoms with E-state index in [9.17, 15) is 4.79 Å². The lowest BCUT2D eigenvalue weighted by atomic mass is 10.2. The predicted molar refractivity (Wildman–Crippen MR) is 125 cm³/mol. The minimum absolute atomic E-state index is 0.217. The average Bonchev–Trinajstić information content (AvgIpc) is 3.06. The third kappa shape index (κ3) is 6.18. The van der Waals surface area contributed by atoms with Crippen molar-refractivity contribution in [2.24, 2.45) is 12.2 Å². The lowest BCUT2D eigenvalue weighted by Gasteiger charge is -2.16. The normalized spacial score (nSPS) is 11.9. The van der Waals surface area contributed by atoms with Crippen molar-refractivity contribution in [3.63, 3.8) is 0 Å². The topological polar surface area (TPSA) is 84.2 Å². The van der Waals surface area contributed by atoms with Gasteiger partial charge in [-0.25, -0.2) is 9.48 Å². The van der Waals surface area contributed by atoms with Gasteiger partial charge in [0, 0.05) is 13.1 Å². The highest BCUT2D eigenvalue weighted by molar-refractivity contribution is 6.36. The summed E-state index contributed by atoms with van der Waals surface area (Å²) in [5.41, 5.74) is 2.29. The number of nitrogens with zero attached hydrogens (tertiary/aromatic N) is 3. The summed E-state index contributed by atoms with van der Waals surface area (Å²) < 4.78 is 17.9. The molecule has 0 unspecified atom stereocenters.